The second-order valence-corrected chi connectivity index (χ2v) is 18.6. The van der Waals surface area contributed by atoms with Crippen LogP contribution in [0.4, 0.5) is 0 Å². The molecule has 0 fully saturated rings. The number of pyridine rings is 1. The lowest BCUT2D eigenvalue weighted by Crippen LogP contribution is -2.28. The van der Waals surface area contributed by atoms with Crippen LogP contribution in [0.5, 0.6) is 0 Å². The number of hydrogen-bond acceptors (Lipinski definition) is 1. The van der Waals surface area contributed by atoms with E-state index in [9.17, 15) is 0 Å². The first kappa shape index (κ1) is 42.0. The molecule has 0 amide bonds. The van der Waals surface area contributed by atoms with E-state index < -0.39 is 5.41 Å². The Bertz CT molecular complexity index is 3850. The van der Waals surface area contributed by atoms with Crippen LogP contribution in [-0.4, -0.2) is 4.98 Å². The standard InChI is InChI=1S/C70H47N/c1-5-20-48(21-6-1)49-38-40-50(41-39-49)57-44-68(52-23-7-2-8-24-52)71-69(45-57)56-29-18-27-54(43-56)53-26-17-28-55(42-53)63-47-67-65(46-64(63)61-36-19-25-51-22-13-14-34-60(51)61)62-35-15-16-37-66(62)70(67,58-30-9-3-10-31-58)59-32-11-4-12-33-59/h1-47H. The minimum atomic E-state index is -0.531. The van der Waals surface area contributed by atoms with Crippen molar-refractivity contribution in [3.63, 3.8) is 0 Å². The molecule has 1 heteroatoms. The summed E-state index contributed by atoms with van der Waals surface area (Å²) in [5.74, 6) is 0. The average Bonchev–Trinajstić information content (AvgIpc) is 3.76. The lowest BCUT2D eigenvalue weighted by atomic mass is 9.67. The molecule has 0 spiro atoms. The van der Waals surface area contributed by atoms with Gasteiger partial charge in [0.1, 0.15) is 0 Å². The van der Waals surface area contributed by atoms with Crippen LogP contribution < -0.4 is 0 Å². The molecule has 1 aromatic heterocycles. The second kappa shape index (κ2) is 17.7. The molecule has 13 rings (SSSR count). The lowest BCUT2D eigenvalue weighted by molar-refractivity contribution is 0.769. The molecule has 0 bridgehead atoms. The van der Waals surface area contributed by atoms with E-state index in [2.05, 4.69) is 285 Å². The highest BCUT2D eigenvalue weighted by Crippen LogP contribution is 2.58. The Hall–Kier alpha value is -9.17. The quantitative estimate of drug-likeness (QED) is 0.141. The van der Waals surface area contributed by atoms with Gasteiger partial charge < -0.3 is 0 Å². The van der Waals surface area contributed by atoms with Gasteiger partial charge in [0.25, 0.3) is 0 Å². The largest absolute Gasteiger partial charge is 0.248 e. The van der Waals surface area contributed by atoms with Gasteiger partial charge in [0.15, 0.2) is 0 Å². The monoisotopic (exact) mass is 901 g/mol. The SMILES string of the molecule is c1ccc(-c2ccc(-c3cc(-c4ccccc4)nc(-c4cccc(-c5cccc(-c6cc7c(cc6-c6cccc8ccccc68)-c6ccccc6C7(c6ccccc6)c6ccccc6)c5)c4)c3)cc2)cc1. The maximum atomic E-state index is 5.35. The van der Waals surface area contributed by atoms with Crippen LogP contribution in [0, 0.1) is 0 Å². The van der Waals surface area contributed by atoms with Gasteiger partial charge in [-0.1, -0.05) is 249 Å². The van der Waals surface area contributed by atoms with Gasteiger partial charge in [0, 0.05) is 11.1 Å². The van der Waals surface area contributed by atoms with Crippen LogP contribution in [-0.2, 0) is 5.41 Å². The fourth-order valence-electron chi connectivity index (χ4n) is 11.2. The third-order valence-electron chi connectivity index (χ3n) is 14.6. The van der Waals surface area contributed by atoms with Crippen molar-refractivity contribution >= 4 is 10.8 Å². The Morgan fingerprint density at radius 1 is 0.225 bits per heavy atom. The van der Waals surface area contributed by atoms with Gasteiger partial charge in [-0.15, -0.1) is 0 Å². The Morgan fingerprint density at radius 3 is 1.38 bits per heavy atom. The normalized spacial score (nSPS) is 12.3. The van der Waals surface area contributed by atoms with E-state index >= 15 is 0 Å². The Labute approximate surface area is 415 Å². The van der Waals surface area contributed by atoms with Gasteiger partial charge in [0.05, 0.1) is 16.8 Å². The predicted octanol–water partition coefficient (Wildman–Crippen LogP) is 18.3. The number of benzene rings is 11. The van der Waals surface area contributed by atoms with Crippen LogP contribution in [0.15, 0.2) is 285 Å². The van der Waals surface area contributed by atoms with E-state index in [1.54, 1.807) is 0 Å². The lowest BCUT2D eigenvalue weighted by Gasteiger charge is -2.34. The predicted molar refractivity (Wildman–Crippen MR) is 297 cm³/mol. The molecule has 0 atom stereocenters. The molecular formula is C70H47N. The van der Waals surface area contributed by atoms with E-state index in [-0.39, 0.29) is 0 Å². The van der Waals surface area contributed by atoms with Gasteiger partial charge in [-0.2, -0.15) is 0 Å². The average molecular weight is 902 g/mol. The highest BCUT2D eigenvalue weighted by atomic mass is 14.7. The zero-order valence-electron chi connectivity index (χ0n) is 39.1. The Kier molecular flexibility index (Phi) is 10.5. The van der Waals surface area contributed by atoms with Crippen LogP contribution in [0.2, 0.25) is 0 Å². The van der Waals surface area contributed by atoms with Gasteiger partial charge in [-0.05, 0) is 136 Å². The molecule has 1 aliphatic carbocycles. The molecule has 1 aliphatic rings. The summed E-state index contributed by atoms with van der Waals surface area (Å²) in [7, 11) is 0. The maximum absolute atomic E-state index is 5.35. The minimum absolute atomic E-state index is 0.531. The molecule has 71 heavy (non-hydrogen) atoms. The molecular weight excluding hydrogens is 855 g/mol. The first-order chi connectivity index (χ1) is 35.2. The van der Waals surface area contributed by atoms with Crippen LogP contribution in [0.1, 0.15) is 22.3 Å². The van der Waals surface area contributed by atoms with E-state index in [1.165, 1.54) is 72.0 Å². The van der Waals surface area contributed by atoms with Gasteiger partial charge in [-0.3, -0.25) is 0 Å². The molecule has 0 N–H and O–H groups in total. The summed E-state index contributed by atoms with van der Waals surface area (Å²) in [6.45, 7) is 0. The summed E-state index contributed by atoms with van der Waals surface area (Å²) in [6, 6.07) is 104. The zero-order valence-corrected chi connectivity index (χ0v) is 39.1. The number of fused-ring (bicyclic) bond motifs is 4. The van der Waals surface area contributed by atoms with E-state index in [1.807, 2.05) is 0 Å². The minimum Gasteiger partial charge on any atom is -0.248 e. The summed E-state index contributed by atoms with van der Waals surface area (Å²) in [5.41, 5.74) is 22.9. The van der Waals surface area contributed by atoms with E-state index in [0.29, 0.717) is 0 Å². The maximum Gasteiger partial charge on any atom is 0.0715 e. The Morgan fingerprint density at radius 2 is 0.690 bits per heavy atom. The highest BCUT2D eigenvalue weighted by molar-refractivity contribution is 6.03. The van der Waals surface area contributed by atoms with Crippen molar-refractivity contribution < 1.29 is 0 Å². The van der Waals surface area contributed by atoms with Crippen LogP contribution >= 0.6 is 0 Å². The molecule has 332 valence electrons. The molecule has 0 saturated heterocycles. The van der Waals surface area contributed by atoms with Crippen molar-refractivity contribution in [2.75, 3.05) is 0 Å². The molecule has 1 heterocycles. The summed E-state index contributed by atoms with van der Waals surface area (Å²) >= 11 is 0. The van der Waals surface area contributed by atoms with Crippen molar-refractivity contribution in [3.8, 4) is 89.3 Å². The topological polar surface area (TPSA) is 12.9 Å². The van der Waals surface area contributed by atoms with E-state index in [4.69, 9.17) is 4.98 Å². The number of nitrogens with zero attached hydrogens (tertiary/aromatic N) is 1. The first-order valence-corrected chi connectivity index (χ1v) is 24.5. The summed E-state index contributed by atoms with van der Waals surface area (Å²) < 4.78 is 0. The summed E-state index contributed by atoms with van der Waals surface area (Å²) in [4.78, 5) is 5.35. The van der Waals surface area contributed by atoms with Gasteiger partial charge in [0.2, 0.25) is 0 Å². The number of rotatable bonds is 9. The molecule has 12 aromatic rings. The van der Waals surface area contributed by atoms with Crippen molar-refractivity contribution in [3.05, 3.63) is 307 Å². The van der Waals surface area contributed by atoms with Crippen molar-refractivity contribution in [2.45, 2.75) is 5.41 Å². The third kappa shape index (κ3) is 7.39. The molecule has 0 unspecified atom stereocenters. The number of aromatic nitrogens is 1. The molecule has 0 aliphatic heterocycles. The smallest absolute Gasteiger partial charge is 0.0715 e. The van der Waals surface area contributed by atoms with Gasteiger partial charge >= 0.3 is 0 Å². The van der Waals surface area contributed by atoms with Crippen molar-refractivity contribution in [2.24, 2.45) is 0 Å². The third-order valence-corrected chi connectivity index (χ3v) is 14.6. The van der Waals surface area contributed by atoms with Crippen LogP contribution in [0.3, 0.4) is 0 Å². The number of hydrogen-bond donors (Lipinski definition) is 0. The molecule has 0 radical (unpaired) electrons. The van der Waals surface area contributed by atoms with Crippen molar-refractivity contribution in [1.82, 2.24) is 4.98 Å². The first-order valence-electron chi connectivity index (χ1n) is 24.5. The molecule has 0 saturated carbocycles. The van der Waals surface area contributed by atoms with E-state index in [0.717, 1.165) is 50.3 Å². The van der Waals surface area contributed by atoms with Crippen molar-refractivity contribution in [1.29, 1.82) is 0 Å². The fourth-order valence-corrected chi connectivity index (χ4v) is 11.2. The second-order valence-electron chi connectivity index (χ2n) is 18.6. The molecule has 11 aromatic carbocycles. The Balaban J connectivity index is 0.979. The highest BCUT2D eigenvalue weighted by Gasteiger charge is 2.46. The summed E-state index contributed by atoms with van der Waals surface area (Å²) in [5, 5.41) is 2.46. The zero-order chi connectivity index (χ0) is 47.1. The van der Waals surface area contributed by atoms with Crippen LogP contribution in [0.25, 0.3) is 100 Å². The fraction of sp³-hybridized carbons (Fsp3) is 0.0143. The summed E-state index contributed by atoms with van der Waals surface area (Å²) in [6.07, 6.45) is 0. The molecule has 1 nitrogen and oxygen atoms in total. The van der Waals surface area contributed by atoms with Gasteiger partial charge in [-0.25, -0.2) is 4.98 Å².